The van der Waals surface area contributed by atoms with Gasteiger partial charge in [-0.3, -0.25) is 15.0 Å². The van der Waals surface area contributed by atoms with Gasteiger partial charge in [-0.25, -0.2) is 14.2 Å². The summed E-state index contributed by atoms with van der Waals surface area (Å²) >= 11 is 0. The van der Waals surface area contributed by atoms with Crippen molar-refractivity contribution in [2.45, 2.75) is 45.6 Å². The van der Waals surface area contributed by atoms with Crippen LogP contribution in [0.15, 0.2) is 60.0 Å². The number of hydrazine groups is 1. The number of nitrogens with two attached hydrogens (primary N) is 1. The highest BCUT2D eigenvalue weighted by atomic mass is 19.1. The Bertz CT molecular complexity index is 1190. The molecule has 37 heavy (non-hydrogen) atoms. The summed E-state index contributed by atoms with van der Waals surface area (Å²) < 4.78 is 29.8. The lowest BCUT2D eigenvalue weighted by Crippen LogP contribution is -2.33. The zero-order valence-corrected chi connectivity index (χ0v) is 20.8. The van der Waals surface area contributed by atoms with Gasteiger partial charge in [0.2, 0.25) is 0 Å². The van der Waals surface area contributed by atoms with Crippen LogP contribution in [0, 0.1) is 5.82 Å². The van der Waals surface area contributed by atoms with E-state index in [-0.39, 0.29) is 43.5 Å². The highest BCUT2D eigenvalue weighted by molar-refractivity contribution is 5.93. The quantitative estimate of drug-likeness (QED) is 0.325. The summed E-state index contributed by atoms with van der Waals surface area (Å²) in [5.41, 5.74) is 10.8. The van der Waals surface area contributed by atoms with Crippen LogP contribution in [-0.4, -0.2) is 37.2 Å². The predicted octanol–water partition coefficient (Wildman–Crippen LogP) is 3.63. The Morgan fingerprint density at radius 1 is 1.05 bits per heavy atom. The minimum atomic E-state index is -0.791. The number of anilines is 1. The van der Waals surface area contributed by atoms with Gasteiger partial charge < -0.3 is 19.9 Å². The number of nitrogens with one attached hydrogen (secondary N) is 1. The second kappa shape index (κ2) is 13.1. The molecule has 10 heteroatoms. The zero-order chi connectivity index (χ0) is 26.8. The van der Waals surface area contributed by atoms with Crippen molar-refractivity contribution in [2.75, 3.05) is 18.2 Å². The standard InChI is InChI=1S/C27H30FN3O6/c1-3-6-24(33)36-17-22(37-25(34)7-4-2)16-35-21-9-5-8-18(14-21)26-23(15-32)30-31(27(26)29)20-12-10-19(28)11-13-20/h5,8-14,22,30H,3-4,6-7,16-17,29H2,1-2H3. The first-order valence-corrected chi connectivity index (χ1v) is 12.0. The Balaban J connectivity index is 1.77. The van der Waals surface area contributed by atoms with Crippen LogP contribution in [0.25, 0.3) is 5.57 Å². The molecule has 2 aromatic rings. The first-order valence-electron chi connectivity index (χ1n) is 12.0. The molecule has 0 fully saturated rings. The van der Waals surface area contributed by atoms with Crippen molar-refractivity contribution in [3.8, 4) is 5.75 Å². The lowest BCUT2D eigenvalue weighted by Gasteiger charge is -2.19. The number of hydrogen-bond acceptors (Lipinski definition) is 9. The molecule has 3 rings (SSSR count). The van der Waals surface area contributed by atoms with E-state index in [4.69, 9.17) is 19.9 Å². The van der Waals surface area contributed by atoms with Gasteiger partial charge >= 0.3 is 11.9 Å². The highest BCUT2D eigenvalue weighted by Gasteiger charge is 2.28. The van der Waals surface area contributed by atoms with Crippen molar-refractivity contribution < 1.29 is 33.0 Å². The van der Waals surface area contributed by atoms with Gasteiger partial charge in [0.05, 0.1) is 11.3 Å². The van der Waals surface area contributed by atoms with Gasteiger partial charge in [-0.1, -0.05) is 26.0 Å². The maximum Gasteiger partial charge on any atom is 0.306 e. The number of esters is 2. The third-order valence-electron chi connectivity index (χ3n) is 5.35. The molecular formula is C27H30FN3O6. The average Bonchev–Trinajstić information content (AvgIpc) is 3.22. The number of ether oxygens (including phenoxy) is 3. The first kappa shape index (κ1) is 27.3. The zero-order valence-electron chi connectivity index (χ0n) is 20.8. The molecule has 9 nitrogen and oxygen atoms in total. The second-order valence-electron chi connectivity index (χ2n) is 8.29. The normalized spacial score (nSPS) is 13.6. The van der Waals surface area contributed by atoms with E-state index in [9.17, 15) is 18.8 Å². The van der Waals surface area contributed by atoms with Crippen LogP contribution in [0.1, 0.15) is 45.1 Å². The third-order valence-corrected chi connectivity index (χ3v) is 5.35. The summed E-state index contributed by atoms with van der Waals surface area (Å²) in [6.45, 7) is 3.54. The van der Waals surface area contributed by atoms with Crippen molar-refractivity contribution in [2.24, 2.45) is 5.73 Å². The molecule has 3 N–H and O–H groups in total. The highest BCUT2D eigenvalue weighted by Crippen LogP contribution is 2.33. The van der Waals surface area contributed by atoms with Crippen LogP contribution in [0.2, 0.25) is 0 Å². The summed E-state index contributed by atoms with van der Waals surface area (Å²) in [7, 11) is 0. The number of benzene rings is 2. The van der Waals surface area contributed by atoms with Crippen molar-refractivity contribution in [3.05, 3.63) is 71.4 Å². The Morgan fingerprint density at radius 2 is 1.76 bits per heavy atom. The van der Waals surface area contributed by atoms with Crippen molar-refractivity contribution in [1.82, 2.24) is 5.43 Å². The molecule has 0 aromatic heterocycles. The van der Waals surface area contributed by atoms with Gasteiger partial charge in [-0.05, 0) is 54.8 Å². The van der Waals surface area contributed by atoms with Crippen LogP contribution >= 0.6 is 0 Å². The third kappa shape index (κ3) is 7.35. The molecule has 0 saturated carbocycles. The molecule has 2 aromatic carbocycles. The fourth-order valence-corrected chi connectivity index (χ4v) is 3.59. The Morgan fingerprint density at radius 3 is 2.43 bits per heavy atom. The molecule has 0 spiro atoms. The average molecular weight is 512 g/mol. The molecule has 196 valence electrons. The Kier molecular flexibility index (Phi) is 9.69. The van der Waals surface area contributed by atoms with Gasteiger partial charge in [0.25, 0.3) is 0 Å². The van der Waals surface area contributed by atoms with Gasteiger partial charge in [0.15, 0.2) is 17.7 Å². The van der Waals surface area contributed by atoms with E-state index in [1.165, 1.54) is 29.3 Å². The molecule has 0 bridgehead atoms. The summed E-state index contributed by atoms with van der Waals surface area (Å²) in [6, 6.07) is 12.4. The Hall–Kier alpha value is -4.30. The molecule has 0 amide bonds. The number of hydrogen-bond donors (Lipinski definition) is 2. The molecule has 0 saturated heterocycles. The first-order chi connectivity index (χ1) is 17.9. The second-order valence-corrected chi connectivity index (χ2v) is 8.29. The largest absolute Gasteiger partial charge is 0.490 e. The van der Waals surface area contributed by atoms with Crippen LogP contribution in [0.4, 0.5) is 10.1 Å². The van der Waals surface area contributed by atoms with Crippen molar-refractivity contribution in [3.63, 3.8) is 0 Å². The van der Waals surface area contributed by atoms with Crippen molar-refractivity contribution in [1.29, 1.82) is 0 Å². The lowest BCUT2D eigenvalue weighted by molar-refractivity contribution is -0.160. The number of rotatable bonds is 12. The van der Waals surface area contributed by atoms with E-state index in [0.29, 0.717) is 35.4 Å². The lowest BCUT2D eigenvalue weighted by atomic mass is 10.0. The molecule has 0 radical (unpaired) electrons. The minimum absolute atomic E-state index is 0.0524. The smallest absolute Gasteiger partial charge is 0.306 e. The van der Waals surface area contributed by atoms with Crippen LogP contribution in [-0.2, 0) is 23.9 Å². The van der Waals surface area contributed by atoms with E-state index in [2.05, 4.69) is 5.43 Å². The van der Waals surface area contributed by atoms with E-state index >= 15 is 0 Å². The van der Waals surface area contributed by atoms with E-state index < -0.39 is 17.9 Å². The topological polar surface area (TPSA) is 120 Å². The number of carbonyl (C=O) groups is 2. The summed E-state index contributed by atoms with van der Waals surface area (Å²) in [5.74, 6) is 1.30. The van der Waals surface area contributed by atoms with Crippen LogP contribution < -0.4 is 20.9 Å². The van der Waals surface area contributed by atoms with Gasteiger partial charge in [-0.2, -0.15) is 0 Å². The number of halogens is 1. The molecule has 1 aliphatic heterocycles. The monoisotopic (exact) mass is 511 g/mol. The fourth-order valence-electron chi connectivity index (χ4n) is 3.59. The van der Waals surface area contributed by atoms with Gasteiger partial charge in [-0.15, -0.1) is 0 Å². The summed E-state index contributed by atoms with van der Waals surface area (Å²) in [6.07, 6.45) is 0.980. The molecule has 1 atom stereocenters. The number of carbonyl (C=O) groups excluding carboxylic acids is 3. The maximum atomic E-state index is 13.3. The Labute approximate surface area is 214 Å². The van der Waals surface area contributed by atoms with E-state index in [1.54, 1.807) is 24.3 Å². The van der Waals surface area contributed by atoms with Gasteiger partial charge in [0.1, 0.15) is 30.6 Å². The fraction of sp³-hybridized carbons (Fsp3) is 0.333. The summed E-state index contributed by atoms with van der Waals surface area (Å²) in [4.78, 5) is 35.5. The molecule has 0 aliphatic carbocycles. The van der Waals surface area contributed by atoms with Crippen LogP contribution in [0.5, 0.6) is 5.75 Å². The SMILES string of the molecule is CCCC(=O)OCC(COc1cccc(C2=C(N)N(c3ccc(F)cc3)NC2=C=O)c1)OC(=O)CCC. The minimum Gasteiger partial charge on any atom is -0.490 e. The molecule has 1 unspecified atom stereocenters. The number of nitrogens with zero attached hydrogens (tertiary/aromatic N) is 1. The van der Waals surface area contributed by atoms with E-state index in [1.807, 2.05) is 19.8 Å². The van der Waals surface area contributed by atoms with Crippen molar-refractivity contribution >= 4 is 29.1 Å². The predicted molar refractivity (Wildman–Crippen MR) is 135 cm³/mol. The number of allylic oxidation sites excluding steroid dienone is 1. The molecule has 1 heterocycles. The molecule has 1 aliphatic rings. The maximum absolute atomic E-state index is 13.3. The van der Waals surface area contributed by atoms with E-state index in [0.717, 1.165) is 0 Å². The summed E-state index contributed by atoms with van der Waals surface area (Å²) in [5, 5.41) is 1.45. The van der Waals surface area contributed by atoms with Crippen LogP contribution in [0.3, 0.4) is 0 Å². The molecular weight excluding hydrogens is 481 g/mol. The van der Waals surface area contributed by atoms with Gasteiger partial charge in [0, 0.05) is 12.8 Å².